The summed E-state index contributed by atoms with van der Waals surface area (Å²) in [4.78, 5) is 20.8. The van der Waals surface area contributed by atoms with E-state index in [1.54, 1.807) is 0 Å². The van der Waals surface area contributed by atoms with Gasteiger partial charge < -0.3 is 9.80 Å². The predicted octanol–water partition coefficient (Wildman–Crippen LogP) is 3.78. The fourth-order valence-electron chi connectivity index (χ4n) is 4.10. The lowest BCUT2D eigenvalue weighted by Gasteiger charge is -2.36. The van der Waals surface area contributed by atoms with E-state index in [9.17, 15) is 4.79 Å². The van der Waals surface area contributed by atoms with Crippen LogP contribution >= 0.6 is 11.3 Å². The first-order valence-electron chi connectivity index (χ1n) is 9.83. The third kappa shape index (κ3) is 4.04. The molecule has 1 atom stereocenters. The minimum absolute atomic E-state index is 0.219. The summed E-state index contributed by atoms with van der Waals surface area (Å²) in [5.74, 6) is 0.964. The van der Waals surface area contributed by atoms with Crippen molar-refractivity contribution < 1.29 is 4.79 Å². The number of likely N-dealkylation sites (N-methyl/N-ethyl adjacent to an activating group) is 1. The third-order valence-corrected chi connectivity index (χ3v) is 6.82. The van der Waals surface area contributed by atoms with Crippen LogP contribution in [-0.2, 0) is 17.8 Å². The van der Waals surface area contributed by atoms with E-state index in [-0.39, 0.29) is 5.91 Å². The largest absolute Gasteiger partial charge is 0.378 e. The van der Waals surface area contributed by atoms with Gasteiger partial charge in [0.1, 0.15) is 0 Å². The molecule has 1 fully saturated rings. The van der Waals surface area contributed by atoms with Gasteiger partial charge in [0.15, 0.2) is 0 Å². The SMILES string of the molecule is CN(Cc1ccc(N(C)C)cc1)C(=O)CN1CCc2sccc2[C@H]1C1CC1. The highest BCUT2D eigenvalue weighted by molar-refractivity contribution is 7.10. The van der Waals surface area contributed by atoms with Crippen molar-refractivity contribution in [1.82, 2.24) is 9.80 Å². The van der Waals surface area contributed by atoms with Gasteiger partial charge in [-0.05, 0) is 59.9 Å². The van der Waals surface area contributed by atoms with E-state index >= 15 is 0 Å². The van der Waals surface area contributed by atoms with Gasteiger partial charge in [0.05, 0.1) is 6.54 Å². The summed E-state index contributed by atoms with van der Waals surface area (Å²) in [6, 6.07) is 11.2. The smallest absolute Gasteiger partial charge is 0.236 e. The van der Waals surface area contributed by atoms with Gasteiger partial charge in [-0.15, -0.1) is 11.3 Å². The van der Waals surface area contributed by atoms with Crippen molar-refractivity contribution in [3.63, 3.8) is 0 Å². The van der Waals surface area contributed by atoms with E-state index in [0.717, 1.165) is 18.9 Å². The molecule has 0 radical (unpaired) electrons. The molecule has 0 saturated heterocycles. The standard InChI is InChI=1S/C22H29N3OS/c1-23(2)18-8-4-16(5-9-18)14-24(3)21(26)15-25-12-10-20-19(11-13-27-20)22(25)17-6-7-17/h4-5,8-9,11,13,17,22H,6-7,10,12,14-15H2,1-3H3/t22-/m1/s1. The fraction of sp³-hybridized carbons (Fsp3) is 0.500. The molecular weight excluding hydrogens is 354 g/mol. The maximum atomic E-state index is 12.9. The maximum absolute atomic E-state index is 12.9. The fourth-order valence-corrected chi connectivity index (χ4v) is 5.01. The summed E-state index contributed by atoms with van der Waals surface area (Å²) in [6.07, 6.45) is 3.69. The molecule has 144 valence electrons. The van der Waals surface area contributed by atoms with Crippen LogP contribution in [0.1, 0.15) is 34.9 Å². The summed E-state index contributed by atoms with van der Waals surface area (Å²) in [5, 5.41) is 2.22. The maximum Gasteiger partial charge on any atom is 0.236 e. The molecule has 1 aromatic carbocycles. The first kappa shape index (κ1) is 18.5. The van der Waals surface area contributed by atoms with Crippen LogP contribution in [-0.4, -0.2) is 49.9 Å². The molecule has 1 amide bonds. The van der Waals surface area contributed by atoms with E-state index in [0.29, 0.717) is 19.1 Å². The Morgan fingerprint density at radius 3 is 2.56 bits per heavy atom. The zero-order valence-corrected chi connectivity index (χ0v) is 17.3. The minimum Gasteiger partial charge on any atom is -0.378 e. The van der Waals surface area contributed by atoms with Crippen LogP contribution in [0, 0.1) is 5.92 Å². The van der Waals surface area contributed by atoms with Crippen molar-refractivity contribution in [3.8, 4) is 0 Å². The Hall–Kier alpha value is -1.85. The molecule has 1 aromatic heterocycles. The number of thiophene rings is 1. The molecule has 4 rings (SSSR count). The topological polar surface area (TPSA) is 26.8 Å². The van der Waals surface area contributed by atoms with Crippen molar-refractivity contribution in [2.24, 2.45) is 5.92 Å². The Bertz CT molecular complexity index is 794. The number of amides is 1. The number of nitrogens with zero attached hydrogens (tertiary/aromatic N) is 3. The van der Waals surface area contributed by atoms with Crippen molar-refractivity contribution in [2.75, 3.05) is 39.1 Å². The van der Waals surface area contributed by atoms with E-state index in [1.165, 1.54) is 34.5 Å². The Labute approximate surface area is 166 Å². The number of rotatable bonds is 6. The highest BCUT2D eigenvalue weighted by Crippen LogP contribution is 2.48. The van der Waals surface area contributed by atoms with E-state index in [1.807, 2.05) is 37.4 Å². The molecule has 0 bridgehead atoms. The van der Waals surface area contributed by atoms with Crippen molar-refractivity contribution >= 4 is 22.9 Å². The summed E-state index contributed by atoms with van der Waals surface area (Å²) >= 11 is 1.88. The summed E-state index contributed by atoms with van der Waals surface area (Å²) < 4.78 is 0. The highest BCUT2D eigenvalue weighted by Gasteiger charge is 2.40. The Morgan fingerprint density at radius 2 is 1.89 bits per heavy atom. The van der Waals surface area contributed by atoms with Crippen LogP contribution in [0.25, 0.3) is 0 Å². The van der Waals surface area contributed by atoms with E-state index < -0.39 is 0 Å². The van der Waals surface area contributed by atoms with Gasteiger partial charge in [0.25, 0.3) is 0 Å². The zero-order chi connectivity index (χ0) is 19.0. The molecule has 0 unspecified atom stereocenters. The lowest BCUT2D eigenvalue weighted by molar-refractivity contribution is -0.132. The Balaban J connectivity index is 1.39. The second-order valence-corrected chi connectivity index (χ2v) is 9.11. The summed E-state index contributed by atoms with van der Waals surface area (Å²) in [5.41, 5.74) is 3.84. The molecule has 0 spiro atoms. The van der Waals surface area contributed by atoms with Gasteiger partial charge >= 0.3 is 0 Å². The molecular formula is C22H29N3OS. The second kappa shape index (κ2) is 7.64. The Morgan fingerprint density at radius 1 is 1.15 bits per heavy atom. The van der Waals surface area contributed by atoms with Crippen LogP contribution in [0.5, 0.6) is 0 Å². The molecule has 2 aliphatic rings. The van der Waals surface area contributed by atoms with E-state index in [4.69, 9.17) is 0 Å². The van der Waals surface area contributed by atoms with Crippen molar-refractivity contribution in [1.29, 1.82) is 0 Å². The van der Waals surface area contributed by atoms with Crippen LogP contribution < -0.4 is 4.90 Å². The monoisotopic (exact) mass is 383 g/mol. The van der Waals surface area contributed by atoms with Crippen molar-refractivity contribution in [2.45, 2.75) is 31.8 Å². The predicted molar refractivity (Wildman–Crippen MR) is 112 cm³/mol. The number of hydrogen-bond donors (Lipinski definition) is 0. The van der Waals surface area contributed by atoms with Gasteiger partial charge in [-0.25, -0.2) is 0 Å². The molecule has 0 N–H and O–H groups in total. The lowest BCUT2D eigenvalue weighted by atomic mass is 9.96. The molecule has 1 aliphatic carbocycles. The van der Waals surface area contributed by atoms with Crippen LogP contribution in [0.4, 0.5) is 5.69 Å². The number of anilines is 1. The summed E-state index contributed by atoms with van der Waals surface area (Å²) in [7, 11) is 6.01. The number of fused-ring (bicyclic) bond motifs is 1. The van der Waals surface area contributed by atoms with Gasteiger partial charge in [0, 0.05) is 50.8 Å². The van der Waals surface area contributed by atoms with Crippen LogP contribution in [0.15, 0.2) is 35.7 Å². The quantitative estimate of drug-likeness (QED) is 0.759. The second-order valence-electron chi connectivity index (χ2n) is 8.11. The molecule has 27 heavy (non-hydrogen) atoms. The molecule has 2 heterocycles. The van der Waals surface area contributed by atoms with Gasteiger partial charge in [-0.3, -0.25) is 9.69 Å². The first-order chi connectivity index (χ1) is 13.0. The molecule has 2 aromatic rings. The highest BCUT2D eigenvalue weighted by atomic mass is 32.1. The summed E-state index contributed by atoms with van der Waals surface area (Å²) in [6.45, 7) is 2.20. The van der Waals surface area contributed by atoms with E-state index in [2.05, 4.69) is 45.5 Å². The van der Waals surface area contributed by atoms with Crippen LogP contribution in [0.2, 0.25) is 0 Å². The normalized spacial score (nSPS) is 19.6. The zero-order valence-electron chi connectivity index (χ0n) is 16.5. The number of benzene rings is 1. The number of carbonyl (C=O) groups excluding carboxylic acids is 1. The molecule has 5 heteroatoms. The average Bonchev–Trinajstić information content (AvgIpc) is 3.38. The Kier molecular flexibility index (Phi) is 5.24. The number of carbonyl (C=O) groups is 1. The number of hydrogen-bond acceptors (Lipinski definition) is 4. The van der Waals surface area contributed by atoms with Crippen LogP contribution in [0.3, 0.4) is 0 Å². The van der Waals surface area contributed by atoms with Gasteiger partial charge in [-0.2, -0.15) is 0 Å². The van der Waals surface area contributed by atoms with Gasteiger partial charge in [-0.1, -0.05) is 12.1 Å². The minimum atomic E-state index is 0.219. The molecule has 4 nitrogen and oxygen atoms in total. The molecule has 1 saturated carbocycles. The average molecular weight is 384 g/mol. The first-order valence-corrected chi connectivity index (χ1v) is 10.7. The lowest BCUT2D eigenvalue weighted by Crippen LogP contribution is -2.43. The van der Waals surface area contributed by atoms with Gasteiger partial charge in [0.2, 0.25) is 5.91 Å². The van der Waals surface area contributed by atoms with Crippen molar-refractivity contribution in [3.05, 3.63) is 51.7 Å². The molecule has 1 aliphatic heterocycles. The third-order valence-electron chi connectivity index (χ3n) is 5.82.